The molecule has 0 unspecified atom stereocenters. The number of hydrogen-bond acceptors (Lipinski definition) is 2. The standard InChI is InChI=1S/C11H10FNS/c12-10-3-1-2-4-11(10)13-7-9-5-6-14-8-9/h1-6,8,13H,7H2. The quantitative estimate of drug-likeness (QED) is 0.812. The predicted octanol–water partition coefficient (Wildman–Crippen LogP) is 3.50. The van der Waals surface area contributed by atoms with Gasteiger partial charge in [0.1, 0.15) is 5.82 Å². The second-order valence-electron chi connectivity index (χ2n) is 2.96. The minimum Gasteiger partial charge on any atom is -0.379 e. The largest absolute Gasteiger partial charge is 0.379 e. The molecule has 0 saturated carbocycles. The van der Waals surface area contributed by atoms with Crippen LogP contribution in [0.2, 0.25) is 0 Å². The molecule has 0 radical (unpaired) electrons. The van der Waals surface area contributed by atoms with Gasteiger partial charge in [0, 0.05) is 6.54 Å². The van der Waals surface area contributed by atoms with E-state index in [4.69, 9.17) is 0 Å². The number of hydrogen-bond donors (Lipinski definition) is 1. The molecule has 0 aliphatic rings. The van der Waals surface area contributed by atoms with Gasteiger partial charge < -0.3 is 5.32 Å². The first-order valence-electron chi connectivity index (χ1n) is 4.36. The monoisotopic (exact) mass is 207 g/mol. The molecular formula is C11H10FNS. The van der Waals surface area contributed by atoms with Crippen LogP contribution in [-0.4, -0.2) is 0 Å². The van der Waals surface area contributed by atoms with Gasteiger partial charge in [-0.05, 0) is 34.5 Å². The summed E-state index contributed by atoms with van der Waals surface area (Å²) in [6.45, 7) is 0.671. The zero-order chi connectivity index (χ0) is 9.80. The molecule has 1 heterocycles. The van der Waals surface area contributed by atoms with Gasteiger partial charge in [-0.25, -0.2) is 4.39 Å². The maximum atomic E-state index is 13.2. The molecule has 0 atom stereocenters. The minimum absolute atomic E-state index is 0.206. The second-order valence-corrected chi connectivity index (χ2v) is 3.75. The second kappa shape index (κ2) is 4.24. The topological polar surface area (TPSA) is 12.0 Å². The van der Waals surface area contributed by atoms with Crippen molar-refractivity contribution >= 4 is 17.0 Å². The Bertz CT molecular complexity index is 397. The molecule has 1 aromatic heterocycles. The van der Waals surface area contributed by atoms with Crippen LogP contribution in [0.15, 0.2) is 41.1 Å². The van der Waals surface area contributed by atoms with Crippen molar-refractivity contribution in [2.75, 3.05) is 5.32 Å². The summed E-state index contributed by atoms with van der Waals surface area (Å²) in [6, 6.07) is 8.72. The van der Waals surface area contributed by atoms with E-state index in [1.807, 2.05) is 22.9 Å². The van der Waals surface area contributed by atoms with Crippen molar-refractivity contribution in [2.45, 2.75) is 6.54 Å². The molecule has 0 spiro atoms. The molecule has 0 bridgehead atoms. The third-order valence-electron chi connectivity index (χ3n) is 1.94. The Morgan fingerprint density at radius 3 is 2.79 bits per heavy atom. The van der Waals surface area contributed by atoms with Gasteiger partial charge in [0.25, 0.3) is 0 Å². The SMILES string of the molecule is Fc1ccccc1NCc1ccsc1. The van der Waals surface area contributed by atoms with Gasteiger partial charge in [-0.15, -0.1) is 0 Å². The Morgan fingerprint density at radius 1 is 1.21 bits per heavy atom. The third kappa shape index (κ3) is 2.12. The van der Waals surface area contributed by atoms with E-state index >= 15 is 0 Å². The van der Waals surface area contributed by atoms with E-state index in [0.29, 0.717) is 12.2 Å². The molecule has 2 aromatic rings. The van der Waals surface area contributed by atoms with Gasteiger partial charge in [-0.1, -0.05) is 12.1 Å². The van der Waals surface area contributed by atoms with Crippen molar-refractivity contribution < 1.29 is 4.39 Å². The molecule has 0 aliphatic carbocycles. The van der Waals surface area contributed by atoms with Crippen molar-refractivity contribution in [1.29, 1.82) is 0 Å². The Hall–Kier alpha value is -1.35. The van der Waals surface area contributed by atoms with Gasteiger partial charge >= 0.3 is 0 Å². The van der Waals surface area contributed by atoms with E-state index in [1.165, 1.54) is 11.6 Å². The lowest BCUT2D eigenvalue weighted by Crippen LogP contribution is -1.99. The summed E-state index contributed by atoms with van der Waals surface area (Å²) in [6.07, 6.45) is 0. The lowest BCUT2D eigenvalue weighted by atomic mass is 10.3. The molecule has 0 aliphatic heterocycles. The summed E-state index contributed by atoms with van der Waals surface area (Å²) in [7, 11) is 0. The van der Waals surface area contributed by atoms with E-state index in [1.54, 1.807) is 23.5 Å². The van der Waals surface area contributed by atoms with Gasteiger partial charge in [0.2, 0.25) is 0 Å². The number of para-hydroxylation sites is 1. The van der Waals surface area contributed by atoms with Gasteiger partial charge in [0.05, 0.1) is 5.69 Å². The fourth-order valence-corrected chi connectivity index (χ4v) is 1.86. The first-order chi connectivity index (χ1) is 6.86. The van der Waals surface area contributed by atoms with Gasteiger partial charge in [0.15, 0.2) is 0 Å². The Balaban J connectivity index is 2.02. The summed E-state index contributed by atoms with van der Waals surface area (Å²) in [5, 5.41) is 7.11. The summed E-state index contributed by atoms with van der Waals surface area (Å²) >= 11 is 1.65. The molecule has 0 saturated heterocycles. The Kier molecular flexibility index (Phi) is 2.79. The fourth-order valence-electron chi connectivity index (χ4n) is 1.20. The highest BCUT2D eigenvalue weighted by atomic mass is 32.1. The zero-order valence-corrected chi connectivity index (χ0v) is 8.35. The first-order valence-corrected chi connectivity index (χ1v) is 5.30. The summed E-state index contributed by atoms with van der Waals surface area (Å²) in [5.41, 5.74) is 1.73. The molecule has 1 aromatic carbocycles. The predicted molar refractivity (Wildman–Crippen MR) is 58.0 cm³/mol. The summed E-state index contributed by atoms with van der Waals surface area (Å²) < 4.78 is 13.2. The van der Waals surface area contributed by atoms with Gasteiger partial charge in [-0.2, -0.15) is 11.3 Å². The molecule has 72 valence electrons. The fraction of sp³-hybridized carbons (Fsp3) is 0.0909. The highest BCUT2D eigenvalue weighted by Crippen LogP contribution is 2.14. The lowest BCUT2D eigenvalue weighted by molar-refractivity contribution is 0.630. The molecule has 1 N–H and O–H groups in total. The van der Waals surface area contributed by atoms with Crippen LogP contribution in [0.1, 0.15) is 5.56 Å². The van der Waals surface area contributed by atoms with Crippen molar-refractivity contribution in [3.05, 3.63) is 52.5 Å². The molecule has 3 heteroatoms. The van der Waals surface area contributed by atoms with Crippen LogP contribution in [0.3, 0.4) is 0 Å². The number of rotatable bonds is 3. The average molecular weight is 207 g/mol. The molecule has 2 rings (SSSR count). The van der Waals surface area contributed by atoms with Crippen LogP contribution < -0.4 is 5.32 Å². The number of nitrogens with one attached hydrogen (secondary N) is 1. The molecule has 0 fully saturated rings. The van der Waals surface area contributed by atoms with E-state index < -0.39 is 0 Å². The maximum absolute atomic E-state index is 13.2. The Labute approximate surface area is 86.2 Å². The summed E-state index contributed by atoms with van der Waals surface area (Å²) in [5.74, 6) is -0.206. The molecule has 14 heavy (non-hydrogen) atoms. The maximum Gasteiger partial charge on any atom is 0.146 e. The first kappa shape index (κ1) is 9.21. The van der Waals surface area contributed by atoms with E-state index in [-0.39, 0.29) is 5.82 Å². The molecule has 0 amide bonds. The number of halogens is 1. The third-order valence-corrected chi connectivity index (χ3v) is 2.67. The van der Waals surface area contributed by atoms with E-state index in [9.17, 15) is 4.39 Å². The van der Waals surface area contributed by atoms with Crippen LogP contribution in [0, 0.1) is 5.82 Å². The van der Waals surface area contributed by atoms with Crippen LogP contribution in [0.4, 0.5) is 10.1 Å². The van der Waals surface area contributed by atoms with Crippen molar-refractivity contribution in [3.8, 4) is 0 Å². The van der Waals surface area contributed by atoms with E-state index in [2.05, 4.69) is 5.32 Å². The highest BCUT2D eigenvalue weighted by molar-refractivity contribution is 7.07. The van der Waals surface area contributed by atoms with Crippen molar-refractivity contribution in [1.82, 2.24) is 0 Å². The zero-order valence-electron chi connectivity index (χ0n) is 7.53. The normalized spacial score (nSPS) is 10.1. The van der Waals surface area contributed by atoms with Gasteiger partial charge in [-0.3, -0.25) is 0 Å². The number of benzene rings is 1. The average Bonchev–Trinajstić information content (AvgIpc) is 2.69. The van der Waals surface area contributed by atoms with Crippen LogP contribution >= 0.6 is 11.3 Å². The lowest BCUT2D eigenvalue weighted by Gasteiger charge is -2.05. The van der Waals surface area contributed by atoms with Crippen molar-refractivity contribution in [3.63, 3.8) is 0 Å². The highest BCUT2D eigenvalue weighted by Gasteiger charge is 1.99. The number of anilines is 1. The Morgan fingerprint density at radius 2 is 2.07 bits per heavy atom. The van der Waals surface area contributed by atoms with Crippen molar-refractivity contribution in [2.24, 2.45) is 0 Å². The number of thiophene rings is 1. The smallest absolute Gasteiger partial charge is 0.146 e. The molecular weight excluding hydrogens is 197 g/mol. The summed E-state index contributed by atoms with van der Waals surface area (Å²) in [4.78, 5) is 0. The van der Waals surface area contributed by atoms with Crippen LogP contribution in [0.25, 0.3) is 0 Å². The van der Waals surface area contributed by atoms with Crippen LogP contribution in [-0.2, 0) is 6.54 Å². The van der Waals surface area contributed by atoms with E-state index in [0.717, 1.165) is 0 Å². The minimum atomic E-state index is -0.206. The molecule has 1 nitrogen and oxygen atoms in total. The van der Waals surface area contributed by atoms with Crippen LogP contribution in [0.5, 0.6) is 0 Å².